The van der Waals surface area contributed by atoms with E-state index in [1.165, 1.54) is 0 Å². The molecule has 2 amide bonds. The summed E-state index contributed by atoms with van der Waals surface area (Å²) in [6.45, 7) is 3.76. The smallest absolute Gasteiger partial charge is 0.243 e. The minimum Gasteiger partial charge on any atom is -0.347 e. The second-order valence-corrected chi connectivity index (χ2v) is 5.82. The first-order chi connectivity index (χ1) is 11.0. The highest BCUT2D eigenvalue weighted by atomic mass is 35.5. The van der Waals surface area contributed by atoms with Crippen LogP contribution in [0.1, 0.15) is 16.7 Å². The van der Waals surface area contributed by atoms with E-state index in [1.54, 1.807) is 12.1 Å². The molecule has 0 saturated carbocycles. The maximum Gasteiger partial charge on any atom is 0.243 e. The number of anilines is 1. The first-order valence-corrected chi connectivity index (χ1v) is 7.70. The Bertz CT molecular complexity index is 729. The van der Waals surface area contributed by atoms with E-state index in [4.69, 9.17) is 11.6 Å². The van der Waals surface area contributed by atoms with E-state index in [2.05, 4.69) is 10.6 Å². The lowest BCUT2D eigenvalue weighted by Crippen LogP contribution is -2.34. The second kappa shape index (κ2) is 7.79. The van der Waals surface area contributed by atoms with Crippen LogP contribution in [0.5, 0.6) is 0 Å². The Kier molecular flexibility index (Phi) is 5.77. The van der Waals surface area contributed by atoms with Gasteiger partial charge in [0.1, 0.15) is 0 Å². The zero-order chi connectivity index (χ0) is 16.8. The molecule has 4 nitrogen and oxygen atoms in total. The number of hydrogen-bond donors (Lipinski definition) is 2. The van der Waals surface area contributed by atoms with Crippen LogP contribution < -0.4 is 10.6 Å². The molecule has 23 heavy (non-hydrogen) atoms. The van der Waals surface area contributed by atoms with Gasteiger partial charge in [0.15, 0.2) is 0 Å². The van der Waals surface area contributed by atoms with Crippen molar-refractivity contribution in [1.82, 2.24) is 5.32 Å². The third-order valence-corrected chi connectivity index (χ3v) is 3.77. The monoisotopic (exact) mass is 330 g/mol. The van der Waals surface area contributed by atoms with Crippen molar-refractivity contribution in [3.63, 3.8) is 0 Å². The fourth-order valence-electron chi connectivity index (χ4n) is 2.15. The highest BCUT2D eigenvalue weighted by molar-refractivity contribution is 6.31. The SMILES string of the molecule is Cc1ccccc1CC(=O)NCC(=O)Nc1cc(Cl)ccc1C. The number of aryl methyl sites for hydroxylation is 2. The first-order valence-electron chi connectivity index (χ1n) is 7.33. The van der Waals surface area contributed by atoms with Crippen LogP contribution in [0, 0.1) is 13.8 Å². The number of nitrogens with one attached hydrogen (secondary N) is 2. The second-order valence-electron chi connectivity index (χ2n) is 5.39. The number of halogens is 1. The van der Waals surface area contributed by atoms with Crippen molar-refractivity contribution in [3.05, 3.63) is 64.2 Å². The average Bonchev–Trinajstić information content (AvgIpc) is 2.51. The molecule has 0 aliphatic rings. The van der Waals surface area contributed by atoms with Gasteiger partial charge in [-0.05, 0) is 42.7 Å². The Morgan fingerprint density at radius 2 is 1.74 bits per heavy atom. The van der Waals surface area contributed by atoms with Crippen molar-refractivity contribution in [3.8, 4) is 0 Å². The fraction of sp³-hybridized carbons (Fsp3) is 0.222. The van der Waals surface area contributed by atoms with Crippen molar-refractivity contribution in [2.24, 2.45) is 0 Å². The molecular formula is C18H19ClN2O2. The van der Waals surface area contributed by atoms with Gasteiger partial charge in [0, 0.05) is 10.7 Å². The lowest BCUT2D eigenvalue weighted by Gasteiger charge is -2.10. The predicted octanol–water partition coefficient (Wildman–Crippen LogP) is 3.25. The van der Waals surface area contributed by atoms with Gasteiger partial charge in [-0.3, -0.25) is 9.59 Å². The zero-order valence-electron chi connectivity index (χ0n) is 13.2. The van der Waals surface area contributed by atoms with Crippen molar-refractivity contribution >= 4 is 29.1 Å². The molecule has 2 aromatic rings. The summed E-state index contributed by atoms with van der Waals surface area (Å²) in [5.41, 5.74) is 3.57. The summed E-state index contributed by atoms with van der Waals surface area (Å²) in [5.74, 6) is -0.467. The molecule has 0 aliphatic carbocycles. The molecule has 0 radical (unpaired) electrons. The molecular weight excluding hydrogens is 312 g/mol. The van der Waals surface area contributed by atoms with Gasteiger partial charge >= 0.3 is 0 Å². The summed E-state index contributed by atoms with van der Waals surface area (Å²) in [6, 6.07) is 13.0. The molecule has 120 valence electrons. The van der Waals surface area contributed by atoms with Crippen LogP contribution in [0.2, 0.25) is 5.02 Å². The number of carbonyl (C=O) groups excluding carboxylic acids is 2. The van der Waals surface area contributed by atoms with Crippen molar-refractivity contribution in [2.45, 2.75) is 20.3 Å². The maximum atomic E-state index is 11.9. The van der Waals surface area contributed by atoms with E-state index in [1.807, 2.05) is 44.2 Å². The van der Waals surface area contributed by atoms with Crippen LogP contribution in [-0.4, -0.2) is 18.4 Å². The third-order valence-electron chi connectivity index (χ3n) is 3.53. The number of carbonyl (C=O) groups is 2. The molecule has 0 unspecified atom stereocenters. The number of hydrogen-bond acceptors (Lipinski definition) is 2. The molecule has 2 N–H and O–H groups in total. The van der Waals surface area contributed by atoms with Crippen molar-refractivity contribution < 1.29 is 9.59 Å². The molecule has 0 atom stereocenters. The van der Waals surface area contributed by atoms with Gasteiger partial charge in [-0.25, -0.2) is 0 Å². The molecule has 0 spiro atoms. The van der Waals surface area contributed by atoms with Gasteiger partial charge in [-0.1, -0.05) is 41.9 Å². The van der Waals surface area contributed by atoms with Crippen molar-refractivity contribution in [1.29, 1.82) is 0 Å². The van der Waals surface area contributed by atoms with Gasteiger partial charge in [0.2, 0.25) is 11.8 Å². The van der Waals surface area contributed by atoms with Gasteiger partial charge in [-0.2, -0.15) is 0 Å². The molecule has 0 aliphatic heterocycles. The average molecular weight is 331 g/mol. The van der Waals surface area contributed by atoms with Crippen LogP contribution in [0.3, 0.4) is 0 Å². The van der Waals surface area contributed by atoms with Gasteiger partial charge in [0.05, 0.1) is 13.0 Å². The summed E-state index contributed by atoms with van der Waals surface area (Å²) in [4.78, 5) is 23.9. The number of benzene rings is 2. The predicted molar refractivity (Wildman–Crippen MR) is 92.7 cm³/mol. The third kappa shape index (κ3) is 5.11. The molecule has 0 aromatic heterocycles. The Balaban J connectivity index is 1.85. The van der Waals surface area contributed by atoms with Crippen LogP contribution >= 0.6 is 11.6 Å². The number of amides is 2. The first kappa shape index (κ1) is 17.0. The molecule has 0 bridgehead atoms. The topological polar surface area (TPSA) is 58.2 Å². The van der Waals surface area contributed by atoms with E-state index in [0.717, 1.165) is 16.7 Å². The van der Waals surface area contributed by atoms with Gasteiger partial charge in [-0.15, -0.1) is 0 Å². The molecule has 2 rings (SSSR count). The van der Waals surface area contributed by atoms with Gasteiger partial charge < -0.3 is 10.6 Å². The lowest BCUT2D eigenvalue weighted by molar-refractivity contribution is -0.123. The number of rotatable bonds is 5. The molecule has 5 heteroatoms. The van der Waals surface area contributed by atoms with Gasteiger partial charge in [0.25, 0.3) is 0 Å². The summed E-state index contributed by atoms with van der Waals surface area (Å²) >= 11 is 5.91. The molecule has 0 fully saturated rings. The zero-order valence-corrected chi connectivity index (χ0v) is 13.9. The lowest BCUT2D eigenvalue weighted by atomic mass is 10.1. The normalized spacial score (nSPS) is 10.2. The fourth-order valence-corrected chi connectivity index (χ4v) is 2.32. The minimum absolute atomic E-state index is 0.0728. The van der Waals surface area contributed by atoms with Crippen LogP contribution in [0.25, 0.3) is 0 Å². The summed E-state index contributed by atoms with van der Waals surface area (Å²) in [5, 5.41) is 5.92. The molecule has 0 heterocycles. The Hall–Kier alpha value is -2.33. The molecule has 2 aromatic carbocycles. The largest absolute Gasteiger partial charge is 0.347 e. The van der Waals surface area contributed by atoms with Crippen LogP contribution in [-0.2, 0) is 16.0 Å². The highest BCUT2D eigenvalue weighted by Crippen LogP contribution is 2.19. The van der Waals surface area contributed by atoms with Crippen LogP contribution in [0.15, 0.2) is 42.5 Å². The standard InChI is InChI=1S/C18H19ClN2O2/c1-12-5-3-4-6-14(12)9-17(22)20-11-18(23)21-16-10-15(19)8-7-13(16)2/h3-8,10H,9,11H2,1-2H3,(H,20,22)(H,21,23). The van der Waals surface area contributed by atoms with Crippen molar-refractivity contribution in [2.75, 3.05) is 11.9 Å². The minimum atomic E-state index is -0.284. The highest BCUT2D eigenvalue weighted by Gasteiger charge is 2.09. The molecule has 0 saturated heterocycles. The Labute approximate surface area is 140 Å². The van der Waals surface area contributed by atoms with E-state index in [0.29, 0.717) is 10.7 Å². The quantitative estimate of drug-likeness (QED) is 0.884. The van der Waals surface area contributed by atoms with Crippen LogP contribution in [0.4, 0.5) is 5.69 Å². The summed E-state index contributed by atoms with van der Waals surface area (Å²) in [6.07, 6.45) is 0.260. The Morgan fingerprint density at radius 1 is 1.00 bits per heavy atom. The Morgan fingerprint density at radius 3 is 2.48 bits per heavy atom. The van der Waals surface area contributed by atoms with E-state index in [-0.39, 0.29) is 24.8 Å². The maximum absolute atomic E-state index is 11.9. The van der Waals surface area contributed by atoms with E-state index in [9.17, 15) is 9.59 Å². The van der Waals surface area contributed by atoms with E-state index < -0.39 is 0 Å². The summed E-state index contributed by atoms with van der Waals surface area (Å²) < 4.78 is 0. The van der Waals surface area contributed by atoms with E-state index >= 15 is 0 Å². The summed E-state index contributed by atoms with van der Waals surface area (Å²) in [7, 11) is 0.